The molecule has 0 radical (unpaired) electrons. The van der Waals surface area contributed by atoms with Crippen LogP contribution in [0.25, 0.3) is 0 Å². The summed E-state index contributed by atoms with van der Waals surface area (Å²) >= 11 is 0. The smallest absolute Gasteiger partial charge is 0.191 e. The molecule has 0 bridgehead atoms. The maximum atomic E-state index is 11.5. The van der Waals surface area contributed by atoms with Crippen molar-refractivity contribution in [3.8, 4) is 5.75 Å². The van der Waals surface area contributed by atoms with Gasteiger partial charge in [0.25, 0.3) is 0 Å². The summed E-state index contributed by atoms with van der Waals surface area (Å²) in [5.41, 5.74) is 2.04. The largest absolute Gasteiger partial charge is 0.489 e. The Morgan fingerprint density at radius 1 is 1.10 bits per heavy atom. The Morgan fingerprint density at radius 2 is 1.76 bits per heavy atom. The highest BCUT2D eigenvalue weighted by atomic mass is 127. The van der Waals surface area contributed by atoms with Gasteiger partial charge in [-0.1, -0.05) is 30.3 Å². The van der Waals surface area contributed by atoms with Gasteiger partial charge >= 0.3 is 0 Å². The molecule has 0 heterocycles. The predicted molar refractivity (Wildman–Crippen MR) is 129 cm³/mol. The minimum Gasteiger partial charge on any atom is -0.489 e. The lowest BCUT2D eigenvalue weighted by Crippen LogP contribution is -2.41. The van der Waals surface area contributed by atoms with E-state index < -0.39 is 9.84 Å². The van der Waals surface area contributed by atoms with Crippen molar-refractivity contribution in [1.82, 2.24) is 10.6 Å². The highest BCUT2D eigenvalue weighted by Gasteiger charge is 2.08. The maximum Gasteiger partial charge on any atom is 0.191 e. The minimum atomic E-state index is -3.18. The molecule has 0 saturated carbocycles. The first kappa shape index (κ1) is 25.2. The lowest BCUT2D eigenvalue weighted by atomic mass is 10.2. The van der Waals surface area contributed by atoms with E-state index in [0.29, 0.717) is 23.9 Å². The van der Waals surface area contributed by atoms with Gasteiger partial charge in [0.05, 0.1) is 18.0 Å². The van der Waals surface area contributed by atoms with Gasteiger partial charge < -0.3 is 15.4 Å². The molecule has 2 aromatic carbocycles. The van der Waals surface area contributed by atoms with Gasteiger partial charge in [0.2, 0.25) is 0 Å². The normalized spacial score (nSPS) is 12.6. The Morgan fingerprint density at radius 3 is 2.34 bits per heavy atom. The van der Waals surface area contributed by atoms with Crippen molar-refractivity contribution < 1.29 is 13.2 Å². The highest BCUT2D eigenvalue weighted by molar-refractivity contribution is 14.0. The van der Waals surface area contributed by atoms with Gasteiger partial charge in [0.15, 0.2) is 15.8 Å². The second-order valence-corrected chi connectivity index (χ2v) is 8.70. The maximum absolute atomic E-state index is 11.5. The first-order valence-corrected chi connectivity index (χ1v) is 11.2. The first-order chi connectivity index (χ1) is 13.3. The molecule has 0 aliphatic heterocycles. The van der Waals surface area contributed by atoms with Gasteiger partial charge in [-0.15, -0.1) is 24.0 Å². The summed E-state index contributed by atoms with van der Waals surface area (Å²) in [6.45, 7) is 7.83. The average molecular weight is 531 g/mol. The van der Waals surface area contributed by atoms with E-state index in [2.05, 4.69) is 15.6 Å². The van der Waals surface area contributed by atoms with Crippen LogP contribution in [0.5, 0.6) is 5.75 Å². The molecule has 0 aliphatic carbocycles. The van der Waals surface area contributed by atoms with Gasteiger partial charge in [-0.2, -0.15) is 0 Å². The first-order valence-electron chi connectivity index (χ1n) is 9.33. The van der Waals surface area contributed by atoms with Gasteiger partial charge in [-0.3, -0.25) is 0 Å². The number of ether oxygens (including phenoxy) is 1. The topological polar surface area (TPSA) is 79.8 Å². The zero-order valence-corrected chi connectivity index (χ0v) is 20.5. The van der Waals surface area contributed by atoms with Crippen molar-refractivity contribution >= 4 is 39.8 Å². The fourth-order valence-corrected chi connectivity index (χ4v) is 3.17. The van der Waals surface area contributed by atoms with E-state index in [9.17, 15) is 8.42 Å². The van der Waals surface area contributed by atoms with E-state index in [1.54, 1.807) is 24.3 Å². The summed E-state index contributed by atoms with van der Waals surface area (Å²) < 4.78 is 29.1. The Hall–Kier alpha value is -1.81. The van der Waals surface area contributed by atoms with E-state index in [1.807, 2.05) is 45.0 Å². The highest BCUT2D eigenvalue weighted by Crippen LogP contribution is 2.17. The monoisotopic (exact) mass is 531 g/mol. The Balaban J connectivity index is 0.00000420. The molecular weight excluding hydrogens is 501 g/mol. The number of aliphatic imine (C=N–C) groups is 1. The van der Waals surface area contributed by atoms with E-state index in [0.717, 1.165) is 23.4 Å². The van der Waals surface area contributed by atoms with E-state index in [-0.39, 0.29) is 30.1 Å². The van der Waals surface area contributed by atoms with Crippen LogP contribution in [0.2, 0.25) is 0 Å². The number of hydrogen-bond donors (Lipinski definition) is 2. The SMILES string of the molecule is CCNC(=NCc1ccc(S(C)(=O)=O)cc1)NCC(C)Oc1ccccc1C.I. The molecule has 29 heavy (non-hydrogen) atoms. The Labute approximate surface area is 191 Å². The van der Waals surface area contributed by atoms with E-state index in [4.69, 9.17) is 4.74 Å². The number of benzene rings is 2. The quantitative estimate of drug-likeness (QED) is 0.310. The number of aryl methyl sites for hydroxylation is 1. The number of para-hydroxylation sites is 1. The Bertz CT molecular complexity index is 900. The molecule has 0 aliphatic rings. The summed E-state index contributed by atoms with van der Waals surface area (Å²) in [4.78, 5) is 4.87. The molecule has 0 spiro atoms. The lowest BCUT2D eigenvalue weighted by Gasteiger charge is -2.18. The van der Waals surface area contributed by atoms with Crippen molar-refractivity contribution in [2.45, 2.75) is 38.3 Å². The predicted octanol–water partition coefficient (Wildman–Crippen LogP) is 3.54. The van der Waals surface area contributed by atoms with Crippen molar-refractivity contribution in [3.05, 3.63) is 59.7 Å². The number of nitrogens with one attached hydrogen (secondary N) is 2. The van der Waals surface area contributed by atoms with Gasteiger partial charge in [-0.25, -0.2) is 13.4 Å². The molecule has 2 aromatic rings. The van der Waals surface area contributed by atoms with Gasteiger partial charge in [0.1, 0.15) is 11.9 Å². The molecule has 1 unspecified atom stereocenters. The third-order valence-electron chi connectivity index (χ3n) is 4.09. The van der Waals surface area contributed by atoms with Crippen LogP contribution in [0.4, 0.5) is 0 Å². The molecule has 6 nitrogen and oxygen atoms in total. The van der Waals surface area contributed by atoms with Crippen molar-refractivity contribution in [2.75, 3.05) is 19.3 Å². The van der Waals surface area contributed by atoms with Crippen molar-refractivity contribution in [1.29, 1.82) is 0 Å². The molecule has 0 saturated heterocycles. The third-order valence-corrected chi connectivity index (χ3v) is 5.22. The second-order valence-electron chi connectivity index (χ2n) is 6.69. The number of nitrogens with zero attached hydrogens (tertiary/aromatic N) is 1. The van der Waals surface area contributed by atoms with Crippen LogP contribution in [0, 0.1) is 6.92 Å². The van der Waals surface area contributed by atoms with E-state index >= 15 is 0 Å². The minimum absolute atomic E-state index is 0. The fraction of sp³-hybridized carbons (Fsp3) is 0.381. The van der Waals surface area contributed by atoms with Gasteiger partial charge in [-0.05, 0) is 50.1 Å². The van der Waals surface area contributed by atoms with Crippen LogP contribution in [-0.4, -0.2) is 39.8 Å². The number of hydrogen-bond acceptors (Lipinski definition) is 4. The summed E-state index contributed by atoms with van der Waals surface area (Å²) in [6, 6.07) is 14.7. The third kappa shape index (κ3) is 8.61. The van der Waals surface area contributed by atoms with Crippen LogP contribution < -0.4 is 15.4 Å². The lowest BCUT2D eigenvalue weighted by molar-refractivity contribution is 0.222. The number of rotatable bonds is 8. The molecule has 1 atom stereocenters. The van der Waals surface area contributed by atoms with Crippen LogP contribution >= 0.6 is 24.0 Å². The number of guanidine groups is 1. The number of halogens is 1. The van der Waals surface area contributed by atoms with Crippen molar-refractivity contribution in [3.63, 3.8) is 0 Å². The average Bonchev–Trinajstić information content (AvgIpc) is 2.65. The number of sulfone groups is 1. The molecule has 0 amide bonds. The van der Waals surface area contributed by atoms with Crippen LogP contribution in [0.1, 0.15) is 25.0 Å². The summed E-state index contributed by atoms with van der Waals surface area (Å²) in [6.07, 6.45) is 1.17. The molecule has 2 N–H and O–H groups in total. The fourth-order valence-electron chi connectivity index (χ4n) is 2.54. The second kappa shape index (κ2) is 12.0. The van der Waals surface area contributed by atoms with E-state index in [1.165, 1.54) is 6.26 Å². The van der Waals surface area contributed by atoms with Crippen LogP contribution in [0.3, 0.4) is 0 Å². The van der Waals surface area contributed by atoms with Crippen LogP contribution in [0.15, 0.2) is 58.4 Å². The summed E-state index contributed by atoms with van der Waals surface area (Å²) in [5, 5.41) is 6.49. The molecular formula is C21H30IN3O3S. The molecule has 160 valence electrons. The van der Waals surface area contributed by atoms with Crippen LogP contribution in [-0.2, 0) is 16.4 Å². The summed E-state index contributed by atoms with van der Waals surface area (Å²) in [5.74, 6) is 1.57. The standard InChI is InChI=1S/C21H29N3O3S.HI/c1-5-22-21(23-14-17(3)27-20-9-7-6-8-16(20)2)24-15-18-10-12-19(13-11-18)28(4,25)26;/h6-13,17H,5,14-15H2,1-4H3,(H2,22,23,24);1H. The Kier molecular flexibility index (Phi) is 10.5. The zero-order valence-electron chi connectivity index (χ0n) is 17.3. The molecule has 0 fully saturated rings. The summed E-state index contributed by atoms with van der Waals surface area (Å²) in [7, 11) is -3.18. The van der Waals surface area contributed by atoms with Gasteiger partial charge in [0, 0.05) is 12.8 Å². The molecule has 2 rings (SSSR count). The molecule has 0 aromatic heterocycles. The zero-order chi connectivity index (χ0) is 20.6. The van der Waals surface area contributed by atoms with Crippen molar-refractivity contribution in [2.24, 2.45) is 4.99 Å². The molecule has 8 heteroatoms.